The summed E-state index contributed by atoms with van der Waals surface area (Å²) in [7, 11) is 2.26. The van der Waals surface area contributed by atoms with Crippen LogP contribution in [0.5, 0.6) is 0 Å². The third kappa shape index (κ3) is 2.52. The lowest BCUT2D eigenvalue weighted by molar-refractivity contribution is 0.982. The van der Waals surface area contributed by atoms with Gasteiger partial charge in [0.2, 0.25) is 0 Å². The van der Waals surface area contributed by atoms with Crippen molar-refractivity contribution in [1.82, 2.24) is 4.57 Å². The van der Waals surface area contributed by atoms with Crippen molar-refractivity contribution in [3.05, 3.63) is 103 Å². The summed E-state index contributed by atoms with van der Waals surface area (Å²) in [5.74, 6) is 0. The van der Waals surface area contributed by atoms with Gasteiger partial charge >= 0.3 is 0 Å². The van der Waals surface area contributed by atoms with E-state index >= 15 is 0 Å². The second-order valence-electron chi connectivity index (χ2n) is 8.92. The first-order valence-electron chi connectivity index (χ1n) is 11.2. The van der Waals surface area contributed by atoms with E-state index in [1.165, 1.54) is 43.9 Å². The second kappa shape index (κ2) is 6.97. The number of hydrogen-bond donors (Lipinski definition) is 0. The van der Waals surface area contributed by atoms with Gasteiger partial charge in [0.25, 0.3) is 0 Å². The topological polar surface area (TPSA) is 8.17 Å². The fraction of sp³-hybridized carbons (Fsp3) is 0.103. The van der Waals surface area contributed by atoms with Crippen LogP contribution in [0.4, 0.5) is 11.4 Å². The van der Waals surface area contributed by atoms with Gasteiger partial charge in [-0.1, -0.05) is 79.3 Å². The molecule has 0 spiro atoms. The van der Waals surface area contributed by atoms with Gasteiger partial charge in [0.1, 0.15) is 8.07 Å². The summed E-state index contributed by atoms with van der Waals surface area (Å²) in [5, 5.41) is 5.93. The lowest BCUT2D eigenvalue weighted by atomic mass is 10.1. The van der Waals surface area contributed by atoms with Crippen LogP contribution in [-0.4, -0.2) is 19.7 Å². The first kappa shape index (κ1) is 19.1. The highest BCUT2D eigenvalue weighted by atomic mass is 28.3. The summed E-state index contributed by atoms with van der Waals surface area (Å²) in [6, 6.07) is 37.8. The van der Waals surface area contributed by atoms with Gasteiger partial charge in [0.15, 0.2) is 0 Å². The van der Waals surface area contributed by atoms with Crippen molar-refractivity contribution < 1.29 is 0 Å². The van der Waals surface area contributed by atoms with E-state index in [9.17, 15) is 0 Å². The summed E-state index contributed by atoms with van der Waals surface area (Å²) in [4.78, 5) is 2.28. The minimum atomic E-state index is -2.12. The van der Waals surface area contributed by atoms with Crippen LogP contribution in [0.15, 0.2) is 103 Å². The molecule has 156 valence electrons. The number of anilines is 2. The van der Waals surface area contributed by atoms with E-state index in [2.05, 4.69) is 133 Å². The molecular formula is C29H26N2Si. The molecule has 1 aromatic heterocycles. The molecule has 4 aromatic carbocycles. The van der Waals surface area contributed by atoms with Crippen LogP contribution < -0.4 is 20.5 Å². The van der Waals surface area contributed by atoms with E-state index in [4.69, 9.17) is 0 Å². The van der Waals surface area contributed by atoms with Gasteiger partial charge in [-0.05, 0) is 51.5 Å². The molecule has 0 amide bonds. The van der Waals surface area contributed by atoms with E-state index in [1.54, 1.807) is 5.19 Å². The lowest BCUT2D eigenvalue weighted by Crippen LogP contribution is -2.62. The number of hydrogen-bond acceptors (Lipinski definition) is 1. The van der Waals surface area contributed by atoms with Crippen LogP contribution in [-0.2, 0) is 7.05 Å². The van der Waals surface area contributed by atoms with Crippen molar-refractivity contribution in [2.24, 2.45) is 7.05 Å². The van der Waals surface area contributed by atoms with Crippen LogP contribution in [0.2, 0.25) is 6.55 Å². The zero-order chi connectivity index (χ0) is 21.9. The lowest BCUT2D eigenvalue weighted by Gasteiger charge is -2.26. The largest absolute Gasteiger partial charge is 0.345 e. The molecule has 0 bridgehead atoms. The van der Waals surface area contributed by atoms with Crippen LogP contribution >= 0.6 is 0 Å². The van der Waals surface area contributed by atoms with Crippen LogP contribution in [0.25, 0.3) is 22.2 Å². The maximum Gasteiger partial charge on any atom is 0.149 e. The molecular weight excluding hydrogens is 404 g/mol. The summed E-state index contributed by atoms with van der Waals surface area (Å²) in [6.45, 7) is 2.53. The first-order valence-corrected chi connectivity index (χ1v) is 13.7. The van der Waals surface area contributed by atoms with E-state index in [1.807, 2.05) is 0 Å². The van der Waals surface area contributed by atoms with E-state index < -0.39 is 8.07 Å². The van der Waals surface area contributed by atoms with Gasteiger partial charge in [0.05, 0.1) is 0 Å². The molecule has 1 aliphatic heterocycles. The van der Waals surface area contributed by atoms with E-state index in [-0.39, 0.29) is 0 Å². The van der Waals surface area contributed by atoms with Crippen LogP contribution in [0.1, 0.15) is 0 Å². The molecule has 0 fully saturated rings. The smallest absolute Gasteiger partial charge is 0.149 e. The van der Waals surface area contributed by atoms with E-state index in [0.29, 0.717) is 0 Å². The highest BCUT2D eigenvalue weighted by Crippen LogP contribution is 2.36. The predicted octanol–water partition coefficient (Wildman–Crippen LogP) is 5.03. The summed E-state index contributed by atoms with van der Waals surface area (Å²) in [5.41, 5.74) is 6.53. The number of fused-ring (bicyclic) bond motifs is 5. The van der Waals surface area contributed by atoms with Crippen LogP contribution in [0, 0.1) is 0 Å². The van der Waals surface area contributed by atoms with Crippen LogP contribution in [0.3, 0.4) is 0 Å². The minimum absolute atomic E-state index is 1.20. The molecule has 0 saturated heterocycles. The Hall–Kier alpha value is -3.56. The molecule has 32 heavy (non-hydrogen) atoms. The molecule has 0 radical (unpaired) electrons. The van der Waals surface area contributed by atoms with Crippen molar-refractivity contribution in [3.8, 4) is 11.3 Å². The number of nitrogens with zero attached hydrogens (tertiary/aromatic N) is 2. The Labute approximate surface area is 190 Å². The molecule has 1 unspecified atom stereocenters. The Kier molecular flexibility index (Phi) is 4.17. The third-order valence-electron chi connectivity index (χ3n) is 7.29. The molecule has 6 rings (SSSR count). The van der Waals surface area contributed by atoms with Gasteiger partial charge in [-0.15, -0.1) is 0 Å². The molecule has 0 saturated carbocycles. The molecule has 2 heterocycles. The van der Waals surface area contributed by atoms with Crippen molar-refractivity contribution in [2.45, 2.75) is 6.55 Å². The SMILES string of the molecule is CN(c1ccccc1)c1ccc2c(c1)c1c(n2C)-c2ccccc2[Si]1(C)c1ccccc1. The number of benzene rings is 4. The molecule has 1 atom stereocenters. The fourth-order valence-electron chi connectivity index (χ4n) is 5.59. The number of para-hydroxylation sites is 1. The second-order valence-corrected chi connectivity index (χ2v) is 12.8. The predicted molar refractivity (Wildman–Crippen MR) is 140 cm³/mol. The highest BCUT2D eigenvalue weighted by molar-refractivity contribution is 7.14. The Balaban J connectivity index is 1.65. The molecule has 0 aliphatic carbocycles. The molecule has 0 N–H and O–H groups in total. The minimum Gasteiger partial charge on any atom is -0.345 e. The maximum absolute atomic E-state index is 2.53. The van der Waals surface area contributed by atoms with Gasteiger partial charge in [-0.25, -0.2) is 0 Å². The van der Waals surface area contributed by atoms with Gasteiger partial charge in [-0.2, -0.15) is 0 Å². The maximum atomic E-state index is 2.53. The zero-order valence-corrected chi connectivity index (χ0v) is 19.7. The Bertz CT molecular complexity index is 1450. The van der Waals surface area contributed by atoms with Gasteiger partial charge in [-0.3, -0.25) is 0 Å². The Morgan fingerprint density at radius 1 is 0.719 bits per heavy atom. The molecule has 1 aliphatic rings. The number of aromatic nitrogens is 1. The van der Waals surface area contributed by atoms with Gasteiger partial charge in [0, 0.05) is 42.1 Å². The molecule has 2 nitrogen and oxygen atoms in total. The standard InChI is InChI=1S/C29H26N2Si/c1-30(21-12-6-4-7-13-21)22-18-19-26-25(20-22)29-28(31(26)2)24-16-10-11-17-27(24)32(29,3)23-14-8-5-9-15-23/h4-20H,1-3H3. The highest BCUT2D eigenvalue weighted by Gasteiger charge is 2.46. The Morgan fingerprint density at radius 2 is 1.38 bits per heavy atom. The van der Waals surface area contributed by atoms with Gasteiger partial charge < -0.3 is 9.47 Å². The normalized spacial score (nSPS) is 16.7. The van der Waals surface area contributed by atoms with Crippen molar-refractivity contribution in [3.63, 3.8) is 0 Å². The van der Waals surface area contributed by atoms with E-state index in [0.717, 1.165) is 0 Å². The summed E-state index contributed by atoms with van der Waals surface area (Å²) in [6.07, 6.45) is 0. The molecule has 3 heteroatoms. The summed E-state index contributed by atoms with van der Waals surface area (Å²) < 4.78 is 2.41. The Morgan fingerprint density at radius 3 is 2.12 bits per heavy atom. The number of aryl methyl sites for hydroxylation is 1. The average molecular weight is 431 g/mol. The zero-order valence-electron chi connectivity index (χ0n) is 18.7. The van der Waals surface area contributed by atoms with Crippen molar-refractivity contribution >= 4 is 45.9 Å². The molecule has 5 aromatic rings. The monoisotopic (exact) mass is 430 g/mol. The van der Waals surface area contributed by atoms with Crippen molar-refractivity contribution in [2.75, 3.05) is 11.9 Å². The third-order valence-corrected chi connectivity index (χ3v) is 11.8. The average Bonchev–Trinajstić information content (AvgIpc) is 3.31. The number of rotatable bonds is 3. The quantitative estimate of drug-likeness (QED) is 0.365. The van der Waals surface area contributed by atoms with Crippen molar-refractivity contribution in [1.29, 1.82) is 0 Å². The first-order chi connectivity index (χ1) is 15.6. The fourth-order valence-corrected chi connectivity index (χ4v) is 10.0. The summed E-state index contributed by atoms with van der Waals surface area (Å²) >= 11 is 0.